The van der Waals surface area contributed by atoms with Crippen molar-refractivity contribution in [1.82, 2.24) is 19.9 Å². The van der Waals surface area contributed by atoms with Gasteiger partial charge in [-0.15, -0.1) is 5.10 Å². The minimum atomic E-state index is -0.531. The lowest BCUT2D eigenvalue weighted by atomic mass is 9.95. The summed E-state index contributed by atoms with van der Waals surface area (Å²) in [5.41, 5.74) is 2.54. The molecule has 1 N–H and O–H groups in total. The van der Waals surface area contributed by atoms with Crippen molar-refractivity contribution >= 4 is 40.1 Å². The van der Waals surface area contributed by atoms with Crippen molar-refractivity contribution in [3.8, 4) is 0 Å². The van der Waals surface area contributed by atoms with Crippen molar-refractivity contribution in [1.29, 1.82) is 0 Å². The van der Waals surface area contributed by atoms with E-state index in [1.165, 1.54) is 18.2 Å². The lowest BCUT2D eigenvalue weighted by Crippen LogP contribution is -2.41. The van der Waals surface area contributed by atoms with Gasteiger partial charge in [0.15, 0.2) is 0 Å². The Morgan fingerprint density at radius 1 is 1.17 bits per heavy atom. The van der Waals surface area contributed by atoms with Crippen LogP contribution in [0.4, 0.5) is 10.1 Å². The van der Waals surface area contributed by atoms with Crippen LogP contribution in [0.5, 0.6) is 0 Å². The third-order valence-electron chi connectivity index (χ3n) is 5.20. The fraction of sp³-hybridized carbons (Fsp3) is 0.300. The summed E-state index contributed by atoms with van der Waals surface area (Å²) < 4.78 is 14.9. The molecular weight excluding hydrogens is 397 g/mol. The number of aromatic nitrogens is 3. The van der Waals surface area contributed by atoms with Gasteiger partial charge >= 0.3 is 0 Å². The number of aryl methyl sites for hydroxylation is 1. The van der Waals surface area contributed by atoms with Gasteiger partial charge in [-0.2, -0.15) is 0 Å². The zero-order valence-corrected chi connectivity index (χ0v) is 16.5. The molecule has 9 heteroatoms. The second-order valence-electron chi connectivity index (χ2n) is 7.10. The molecule has 1 aliphatic heterocycles. The topological polar surface area (TPSA) is 80.1 Å². The van der Waals surface area contributed by atoms with Gasteiger partial charge in [-0.1, -0.05) is 16.8 Å². The lowest BCUT2D eigenvalue weighted by Gasteiger charge is -2.31. The van der Waals surface area contributed by atoms with Gasteiger partial charge in [-0.05, 0) is 49.2 Å². The number of amides is 2. The molecule has 0 saturated carbocycles. The van der Waals surface area contributed by atoms with E-state index in [2.05, 4.69) is 15.6 Å². The van der Waals surface area contributed by atoms with E-state index in [1.807, 2.05) is 6.07 Å². The molecule has 150 valence electrons. The van der Waals surface area contributed by atoms with Crippen LogP contribution in [0, 0.1) is 11.7 Å². The molecule has 0 unspecified atom stereocenters. The van der Waals surface area contributed by atoms with Crippen molar-refractivity contribution in [2.24, 2.45) is 13.0 Å². The van der Waals surface area contributed by atoms with Gasteiger partial charge in [0, 0.05) is 37.3 Å². The van der Waals surface area contributed by atoms with E-state index in [9.17, 15) is 14.0 Å². The Labute approximate surface area is 171 Å². The van der Waals surface area contributed by atoms with Gasteiger partial charge in [-0.3, -0.25) is 9.59 Å². The fourth-order valence-electron chi connectivity index (χ4n) is 3.52. The van der Waals surface area contributed by atoms with Crippen molar-refractivity contribution < 1.29 is 14.0 Å². The van der Waals surface area contributed by atoms with E-state index < -0.39 is 5.82 Å². The first-order valence-corrected chi connectivity index (χ1v) is 9.65. The average molecular weight is 416 g/mol. The van der Waals surface area contributed by atoms with Crippen LogP contribution in [-0.4, -0.2) is 44.8 Å². The number of halogens is 2. The number of rotatable bonds is 3. The predicted molar refractivity (Wildman–Crippen MR) is 107 cm³/mol. The van der Waals surface area contributed by atoms with E-state index in [0.29, 0.717) is 42.7 Å². The quantitative estimate of drug-likeness (QED) is 0.712. The first kappa shape index (κ1) is 19.3. The molecule has 1 fully saturated rings. The van der Waals surface area contributed by atoms with Crippen LogP contribution < -0.4 is 5.32 Å². The van der Waals surface area contributed by atoms with E-state index in [4.69, 9.17) is 11.6 Å². The smallest absolute Gasteiger partial charge is 0.253 e. The zero-order valence-electron chi connectivity index (χ0n) is 15.7. The van der Waals surface area contributed by atoms with Crippen molar-refractivity contribution in [3.63, 3.8) is 0 Å². The van der Waals surface area contributed by atoms with Crippen molar-refractivity contribution in [2.75, 3.05) is 18.4 Å². The summed E-state index contributed by atoms with van der Waals surface area (Å²) in [5.74, 6) is -0.982. The zero-order chi connectivity index (χ0) is 20.5. The minimum absolute atomic E-state index is 0.0386. The van der Waals surface area contributed by atoms with E-state index in [0.717, 1.165) is 5.52 Å². The first-order valence-electron chi connectivity index (χ1n) is 9.27. The molecule has 2 amide bonds. The molecule has 29 heavy (non-hydrogen) atoms. The number of anilines is 1. The minimum Gasteiger partial charge on any atom is -0.339 e. The maximum atomic E-state index is 13.2. The van der Waals surface area contributed by atoms with E-state index >= 15 is 0 Å². The molecule has 1 aliphatic rings. The van der Waals surface area contributed by atoms with Crippen LogP contribution in [-0.2, 0) is 11.8 Å². The number of piperidine rings is 1. The molecule has 0 aliphatic carbocycles. The molecule has 1 aromatic heterocycles. The molecular formula is C20H19ClFN5O2. The van der Waals surface area contributed by atoms with Crippen LogP contribution in [0.25, 0.3) is 11.0 Å². The number of carbonyl (C=O) groups excluding carboxylic acids is 2. The second kappa shape index (κ2) is 7.79. The molecule has 2 heterocycles. The number of nitrogens with one attached hydrogen (secondary N) is 1. The monoisotopic (exact) mass is 415 g/mol. The van der Waals surface area contributed by atoms with Gasteiger partial charge in [0.1, 0.15) is 11.3 Å². The summed E-state index contributed by atoms with van der Waals surface area (Å²) in [7, 11) is 1.80. The number of nitrogens with zero attached hydrogens (tertiary/aromatic N) is 4. The average Bonchev–Trinajstić information content (AvgIpc) is 3.10. The maximum absolute atomic E-state index is 13.2. The highest BCUT2D eigenvalue weighted by molar-refractivity contribution is 6.31. The second-order valence-corrected chi connectivity index (χ2v) is 7.51. The Kier molecular flexibility index (Phi) is 5.19. The highest BCUT2D eigenvalue weighted by Gasteiger charge is 2.28. The summed E-state index contributed by atoms with van der Waals surface area (Å²) in [4.78, 5) is 27.0. The summed E-state index contributed by atoms with van der Waals surface area (Å²) in [6, 6.07) is 9.41. The van der Waals surface area contributed by atoms with Gasteiger partial charge in [0.2, 0.25) is 5.91 Å². The van der Waals surface area contributed by atoms with Gasteiger partial charge in [-0.25, -0.2) is 9.07 Å². The third kappa shape index (κ3) is 3.93. The van der Waals surface area contributed by atoms with Gasteiger partial charge < -0.3 is 10.2 Å². The highest BCUT2D eigenvalue weighted by Crippen LogP contribution is 2.24. The summed E-state index contributed by atoms with van der Waals surface area (Å²) in [5, 5.41) is 10.7. The molecule has 0 spiro atoms. The number of benzene rings is 2. The van der Waals surface area contributed by atoms with Crippen LogP contribution in [0.15, 0.2) is 36.4 Å². The predicted octanol–water partition coefficient (Wildman–Crippen LogP) is 3.25. The Hall–Kier alpha value is -3.00. The molecule has 3 aromatic rings. The molecule has 0 atom stereocenters. The standard InChI is InChI=1S/C20H19ClFN5O2/c1-26-18-5-2-13(10-17(18)24-25-26)20(29)27-8-6-12(7-9-27)19(28)23-14-3-4-16(22)15(21)11-14/h2-5,10-12H,6-9H2,1H3,(H,23,28). The maximum Gasteiger partial charge on any atom is 0.253 e. The number of hydrogen-bond acceptors (Lipinski definition) is 4. The molecule has 1 saturated heterocycles. The van der Waals surface area contributed by atoms with Crippen LogP contribution in [0.3, 0.4) is 0 Å². The molecule has 7 nitrogen and oxygen atoms in total. The number of carbonyl (C=O) groups is 2. The summed E-state index contributed by atoms with van der Waals surface area (Å²) in [6.45, 7) is 0.971. The van der Waals surface area contributed by atoms with Gasteiger partial charge in [0.25, 0.3) is 5.91 Å². The van der Waals surface area contributed by atoms with Crippen LogP contribution in [0.2, 0.25) is 5.02 Å². The SMILES string of the molecule is Cn1nnc2cc(C(=O)N3CCC(C(=O)Nc4ccc(F)c(Cl)c4)CC3)ccc21. The number of likely N-dealkylation sites (tertiary alicyclic amines) is 1. The summed E-state index contributed by atoms with van der Waals surface area (Å²) in [6.07, 6.45) is 1.11. The Bertz CT molecular complexity index is 1090. The first-order chi connectivity index (χ1) is 13.9. The Morgan fingerprint density at radius 3 is 2.66 bits per heavy atom. The normalized spacial score (nSPS) is 14.9. The molecule has 0 radical (unpaired) electrons. The Morgan fingerprint density at radius 2 is 1.93 bits per heavy atom. The lowest BCUT2D eigenvalue weighted by molar-refractivity contribution is -0.121. The van der Waals surface area contributed by atoms with E-state index in [-0.39, 0.29) is 22.8 Å². The van der Waals surface area contributed by atoms with E-state index in [1.54, 1.807) is 28.8 Å². The number of fused-ring (bicyclic) bond motifs is 1. The summed E-state index contributed by atoms with van der Waals surface area (Å²) >= 11 is 5.75. The highest BCUT2D eigenvalue weighted by atomic mass is 35.5. The largest absolute Gasteiger partial charge is 0.339 e. The third-order valence-corrected chi connectivity index (χ3v) is 5.49. The van der Waals surface area contributed by atoms with Crippen molar-refractivity contribution in [3.05, 3.63) is 52.8 Å². The number of hydrogen-bond donors (Lipinski definition) is 1. The van der Waals surface area contributed by atoms with Gasteiger partial charge in [0.05, 0.1) is 10.5 Å². The van der Waals surface area contributed by atoms with Crippen LogP contribution >= 0.6 is 11.6 Å². The fourth-order valence-corrected chi connectivity index (χ4v) is 3.70. The molecule has 2 aromatic carbocycles. The molecule has 4 rings (SSSR count). The van der Waals surface area contributed by atoms with Crippen LogP contribution in [0.1, 0.15) is 23.2 Å². The van der Waals surface area contributed by atoms with Crippen molar-refractivity contribution in [2.45, 2.75) is 12.8 Å². The molecule has 0 bridgehead atoms. The Balaban J connectivity index is 1.37.